The summed E-state index contributed by atoms with van der Waals surface area (Å²) in [5, 5.41) is 0. The molecule has 0 aliphatic heterocycles. The van der Waals surface area contributed by atoms with E-state index in [0.29, 0.717) is 0 Å². The fourth-order valence-electron chi connectivity index (χ4n) is 2.05. The second kappa shape index (κ2) is 6.31. The van der Waals surface area contributed by atoms with Crippen molar-refractivity contribution in [3.05, 3.63) is 48.3 Å². The van der Waals surface area contributed by atoms with Crippen LogP contribution in [-0.4, -0.2) is 20.6 Å². The quantitative estimate of drug-likeness (QED) is 0.843. The Morgan fingerprint density at radius 1 is 1.39 bits per heavy atom. The molecular formula is C14H20N4. The second-order valence-electron chi connectivity index (χ2n) is 4.49. The SMILES string of the molecule is CCn1ccnc1CC(N)CCc1cccnc1. The molecule has 2 rings (SSSR count). The van der Waals surface area contributed by atoms with Gasteiger partial charge in [-0.05, 0) is 31.4 Å². The summed E-state index contributed by atoms with van der Waals surface area (Å²) in [5.74, 6) is 1.08. The van der Waals surface area contributed by atoms with Crippen LogP contribution in [0.15, 0.2) is 36.9 Å². The zero-order valence-electron chi connectivity index (χ0n) is 10.8. The molecule has 0 fully saturated rings. The number of nitrogens with two attached hydrogens (primary N) is 1. The molecule has 0 saturated heterocycles. The van der Waals surface area contributed by atoms with Gasteiger partial charge in [-0.15, -0.1) is 0 Å². The standard InChI is InChI=1S/C14H20N4/c1-2-18-9-8-17-14(18)10-13(15)6-5-12-4-3-7-16-11-12/h3-4,7-9,11,13H,2,5-6,10,15H2,1H3. The maximum atomic E-state index is 6.16. The van der Waals surface area contributed by atoms with E-state index in [9.17, 15) is 0 Å². The normalized spacial score (nSPS) is 12.6. The first-order valence-electron chi connectivity index (χ1n) is 6.44. The molecular weight excluding hydrogens is 224 g/mol. The molecule has 0 saturated carbocycles. The zero-order chi connectivity index (χ0) is 12.8. The third kappa shape index (κ3) is 3.40. The predicted molar refractivity (Wildman–Crippen MR) is 72.1 cm³/mol. The average molecular weight is 244 g/mol. The molecule has 1 atom stereocenters. The smallest absolute Gasteiger partial charge is 0.110 e. The Labute approximate surface area is 108 Å². The van der Waals surface area contributed by atoms with Crippen molar-refractivity contribution < 1.29 is 0 Å². The summed E-state index contributed by atoms with van der Waals surface area (Å²) in [6, 6.07) is 4.20. The first-order valence-corrected chi connectivity index (χ1v) is 6.44. The summed E-state index contributed by atoms with van der Waals surface area (Å²) >= 11 is 0. The van der Waals surface area contributed by atoms with Gasteiger partial charge in [-0.25, -0.2) is 4.98 Å². The van der Waals surface area contributed by atoms with Crippen LogP contribution in [0.3, 0.4) is 0 Å². The number of pyridine rings is 1. The number of rotatable bonds is 6. The molecule has 1 unspecified atom stereocenters. The van der Waals surface area contributed by atoms with Crippen molar-refractivity contribution in [2.24, 2.45) is 5.73 Å². The van der Waals surface area contributed by atoms with E-state index in [0.717, 1.165) is 31.6 Å². The van der Waals surface area contributed by atoms with Crippen molar-refractivity contribution in [1.82, 2.24) is 14.5 Å². The summed E-state index contributed by atoms with van der Waals surface area (Å²) in [6.45, 7) is 3.07. The third-order valence-corrected chi connectivity index (χ3v) is 3.11. The van der Waals surface area contributed by atoms with E-state index < -0.39 is 0 Å². The first-order chi connectivity index (χ1) is 8.79. The molecule has 0 aliphatic rings. The van der Waals surface area contributed by atoms with E-state index in [2.05, 4.69) is 27.5 Å². The Kier molecular flexibility index (Phi) is 4.47. The highest BCUT2D eigenvalue weighted by molar-refractivity contribution is 5.08. The lowest BCUT2D eigenvalue weighted by Crippen LogP contribution is -2.25. The van der Waals surface area contributed by atoms with Crippen molar-refractivity contribution in [1.29, 1.82) is 0 Å². The molecule has 4 heteroatoms. The van der Waals surface area contributed by atoms with Gasteiger partial charge in [0.2, 0.25) is 0 Å². The van der Waals surface area contributed by atoms with Crippen LogP contribution in [0, 0.1) is 0 Å². The zero-order valence-corrected chi connectivity index (χ0v) is 10.8. The van der Waals surface area contributed by atoms with E-state index in [1.54, 1.807) is 6.20 Å². The van der Waals surface area contributed by atoms with Crippen LogP contribution >= 0.6 is 0 Å². The number of hydrogen-bond acceptors (Lipinski definition) is 3. The lowest BCUT2D eigenvalue weighted by molar-refractivity contribution is 0.569. The van der Waals surface area contributed by atoms with Crippen LogP contribution < -0.4 is 5.73 Å². The predicted octanol–water partition coefficient (Wildman–Crippen LogP) is 1.80. The number of imidazole rings is 1. The summed E-state index contributed by atoms with van der Waals surface area (Å²) in [5.41, 5.74) is 7.40. The molecule has 2 aromatic rings. The van der Waals surface area contributed by atoms with E-state index in [1.807, 2.05) is 24.7 Å². The largest absolute Gasteiger partial charge is 0.335 e. The van der Waals surface area contributed by atoms with Crippen LogP contribution in [0.1, 0.15) is 24.7 Å². The van der Waals surface area contributed by atoms with Crippen molar-refractivity contribution in [3.63, 3.8) is 0 Å². The second-order valence-corrected chi connectivity index (χ2v) is 4.49. The topological polar surface area (TPSA) is 56.7 Å². The summed E-state index contributed by atoms with van der Waals surface area (Å²) in [7, 11) is 0. The molecule has 0 aliphatic carbocycles. The van der Waals surface area contributed by atoms with Crippen LogP contribution in [-0.2, 0) is 19.4 Å². The van der Waals surface area contributed by atoms with Gasteiger partial charge in [0.05, 0.1) is 0 Å². The van der Waals surface area contributed by atoms with E-state index in [4.69, 9.17) is 5.73 Å². The molecule has 18 heavy (non-hydrogen) atoms. The maximum absolute atomic E-state index is 6.16. The van der Waals surface area contributed by atoms with E-state index in [-0.39, 0.29) is 6.04 Å². The van der Waals surface area contributed by atoms with Crippen molar-refractivity contribution >= 4 is 0 Å². The van der Waals surface area contributed by atoms with Gasteiger partial charge in [0.1, 0.15) is 5.82 Å². The molecule has 96 valence electrons. The molecule has 0 radical (unpaired) electrons. The van der Waals surface area contributed by atoms with Gasteiger partial charge >= 0.3 is 0 Å². The van der Waals surface area contributed by atoms with E-state index >= 15 is 0 Å². The van der Waals surface area contributed by atoms with Crippen molar-refractivity contribution in [3.8, 4) is 0 Å². The molecule has 0 amide bonds. The van der Waals surface area contributed by atoms with Crippen LogP contribution in [0.25, 0.3) is 0 Å². The van der Waals surface area contributed by atoms with Gasteiger partial charge in [0.25, 0.3) is 0 Å². The lowest BCUT2D eigenvalue weighted by Gasteiger charge is -2.12. The molecule has 2 aromatic heterocycles. The van der Waals surface area contributed by atoms with Crippen LogP contribution in [0.2, 0.25) is 0 Å². The summed E-state index contributed by atoms with van der Waals surface area (Å²) in [6.07, 6.45) is 10.3. The number of nitrogens with zero attached hydrogens (tertiary/aromatic N) is 3. The van der Waals surface area contributed by atoms with Crippen molar-refractivity contribution in [2.45, 2.75) is 38.8 Å². The van der Waals surface area contributed by atoms with E-state index in [1.165, 1.54) is 5.56 Å². The van der Waals surface area contributed by atoms with Gasteiger partial charge in [0, 0.05) is 43.8 Å². The third-order valence-electron chi connectivity index (χ3n) is 3.11. The highest BCUT2D eigenvalue weighted by Crippen LogP contribution is 2.07. The molecule has 0 aromatic carbocycles. The minimum Gasteiger partial charge on any atom is -0.335 e. The number of aromatic nitrogens is 3. The Morgan fingerprint density at radius 2 is 2.28 bits per heavy atom. The summed E-state index contributed by atoms with van der Waals surface area (Å²) < 4.78 is 2.14. The fraction of sp³-hybridized carbons (Fsp3) is 0.429. The van der Waals surface area contributed by atoms with Gasteiger partial charge in [-0.2, -0.15) is 0 Å². The monoisotopic (exact) mass is 244 g/mol. The number of aryl methyl sites for hydroxylation is 2. The lowest BCUT2D eigenvalue weighted by atomic mass is 10.0. The Bertz CT molecular complexity index is 464. The molecule has 4 nitrogen and oxygen atoms in total. The minimum absolute atomic E-state index is 0.151. The molecule has 0 spiro atoms. The molecule has 2 N–H and O–H groups in total. The first kappa shape index (κ1) is 12.8. The van der Waals surface area contributed by atoms with Gasteiger partial charge < -0.3 is 10.3 Å². The highest BCUT2D eigenvalue weighted by Gasteiger charge is 2.08. The van der Waals surface area contributed by atoms with Gasteiger partial charge in [0.15, 0.2) is 0 Å². The Balaban J connectivity index is 1.84. The summed E-state index contributed by atoms with van der Waals surface area (Å²) in [4.78, 5) is 8.46. The minimum atomic E-state index is 0.151. The van der Waals surface area contributed by atoms with Crippen molar-refractivity contribution in [2.75, 3.05) is 0 Å². The molecule has 2 heterocycles. The van der Waals surface area contributed by atoms with Gasteiger partial charge in [-0.1, -0.05) is 6.07 Å². The molecule has 0 bridgehead atoms. The maximum Gasteiger partial charge on any atom is 0.110 e. The Morgan fingerprint density at radius 3 is 3.00 bits per heavy atom. The van der Waals surface area contributed by atoms with Crippen LogP contribution in [0.5, 0.6) is 0 Å². The van der Waals surface area contributed by atoms with Gasteiger partial charge in [-0.3, -0.25) is 4.98 Å². The fourth-order valence-corrected chi connectivity index (χ4v) is 2.05. The highest BCUT2D eigenvalue weighted by atomic mass is 15.1. The number of hydrogen-bond donors (Lipinski definition) is 1. The average Bonchev–Trinajstić information content (AvgIpc) is 2.85. The Hall–Kier alpha value is -1.68. The van der Waals surface area contributed by atoms with Crippen LogP contribution in [0.4, 0.5) is 0 Å².